The first-order valence-corrected chi connectivity index (χ1v) is 8.47. The van der Waals surface area contributed by atoms with Crippen molar-refractivity contribution < 1.29 is 0 Å². The van der Waals surface area contributed by atoms with E-state index in [0.717, 1.165) is 24.9 Å². The van der Waals surface area contributed by atoms with E-state index in [4.69, 9.17) is 0 Å². The van der Waals surface area contributed by atoms with Crippen molar-refractivity contribution in [2.75, 3.05) is 14.1 Å². The van der Waals surface area contributed by atoms with Crippen molar-refractivity contribution in [3.63, 3.8) is 0 Å². The van der Waals surface area contributed by atoms with Crippen LogP contribution in [0, 0.1) is 12.8 Å². The van der Waals surface area contributed by atoms with E-state index in [0.29, 0.717) is 12.5 Å². The van der Waals surface area contributed by atoms with Crippen LogP contribution in [0.2, 0.25) is 0 Å². The zero-order valence-electron chi connectivity index (χ0n) is 15.9. The quantitative estimate of drug-likeness (QED) is 0.411. The Hall–Kier alpha value is -1.57. The van der Waals surface area contributed by atoms with Crippen molar-refractivity contribution in [1.82, 2.24) is 19.8 Å². The maximum absolute atomic E-state index is 4.46. The van der Waals surface area contributed by atoms with Crippen LogP contribution < -0.4 is 5.32 Å². The van der Waals surface area contributed by atoms with Crippen LogP contribution in [-0.2, 0) is 19.6 Å². The van der Waals surface area contributed by atoms with Crippen LogP contribution in [0.4, 0.5) is 0 Å². The summed E-state index contributed by atoms with van der Waals surface area (Å²) >= 11 is 0. The van der Waals surface area contributed by atoms with Crippen LogP contribution in [0.5, 0.6) is 0 Å². The molecule has 0 saturated carbocycles. The van der Waals surface area contributed by atoms with Crippen molar-refractivity contribution >= 4 is 29.9 Å². The van der Waals surface area contributed by atoms with Gasteiger partial charge in [-0.05, 0) is 24.0 Å². The number of aromatic nitrogens is 2. The largest absolute Gasteiger partial charge is 0.349 e. The summed E-state index contributed by atoms with van der Waals surface area (Å²) in [4.78, 5) is 11.0. The van der Waals surface area contributed by atoms with E-state index in [9.17, 15) is 0 Å². The van der Waals surface area contributed by atoms with E-state index in [1.807, 2.05) is 19.4 Å². The Bertz CT molecular complexity index is 678. The average molecular weight is 455 g/mol. The fourth-order valence-electron chi connectivity index (χ4n) is 2.73. The number of guanidine groups is 1. The number of benzene rings is 1. The monoisotopic (exact) mass is 455 g/mol. The van der Waals surface area contributed by atoms with Crippen LogP contribution in [0.1, 0.15) is 30.8 Å². The Kier molecular flexibility index (Phi) is 8.96. The van der Waals surface area contributed by atoms with Gasteiger partial charge in [0.1, 0.15) is 5.82 Å². The van der Waals surface area contributed by atoms with Gasteiger partial charge in [-0.25, -0.2) is 4.98 Å². The summed E-state index contributed by atoms with van der Waals surface area (Å²) in [6.45, 7) is 9.05. The van der Waals surface area contributed by atoms with Crippen LogP contribution >= 0.6 is 24.0 Å². The molecule has 1 N–H and O–H groups in total. The highest BCUT2D eigenvalue weighted by atomic mass is 127. The highest BCUT2D eigenvalue weighted by Crippen LogP contribution is 2.10. The van der Waals surface area contributed by atoms with Crippen molar-refractivity contribution in [3.05, 3.63) is 53.6 Å². The molecule has 0 spiro atoms. The number of aryl methyl sites for hydroxylation is 1. The number of nitrogens with one attached hydrogen (secondary N) is 1. The van der Waals surface area contributed by atoms with Crippen LogP contribution in [0.3, 0.4) is 0 Å². The van der Waals surface area contributed by atoms with E-state index in [1.54, 1.807) is 0 Å². The summed E-state index contributed by atoms with van der Waals surface area (Å²) in [6.07, 6.45) is 3.90. The van der Waals surface area contributed by atoms with E-state index in [-0.39, 0.29) is 24.0 Å². The molecule has 1 aromatic carbocycles. The lowest BCUT2D eigenvalue weighted by Gasteiger charge is -2.23. The van der Waals surface area contributed by atoms with Crippen molar-refractivity contribution in [1.29, 1.82) is 0 Å². The third kappa shape index (κ3) is 6.34. The van der Waals surface area contributed by atoms with E-state index in [1.165, 1.54) is 11.1 Å². The maximum Gasteiger partial charge on any atom is 0.194 e. The first-order valence-electron chi connectivity index (χ1n) is 8.47. The number of aliphatic imine (C=N–C) groups is 1. The Morgan fingerprint density at radius 3 is 2.68 bits per heavy atom. The lowest BCUT2D eigenvalue weighted by molar-refractivity contribution is 0.467. The lowest BCUT2D eigenvalue weighted by atomic mass is 10.1. The molecule has 25 heavy (non-hydrogen) atoms. The van der Waals surface area contributed by atoms with Crippen molar-refractivity contribution in [2.45, 2.75) is 40.4 Å². The van der Waals surface area contributed by atoms with Gasteiger partial charge in [0, 0.05) is 39.6 Å². The first-order chi connectivity index (χ1) is 11.5. The minimum absolute atomic E-state index is 0. The zero-order valence-corrected chi connectivity index (χ0v) is 18.2. The molecule has 0 unspecified atom stereocenters. The number of imidazole rings is 1. The highest BCUT2D eigenvalue weighted by Gasteiger charge is 2.10. The molecule has 0 radical (unpaired) electrons. The number of rotatable bonds is 6. The van der Waals surface area contributed by atoms with Gasteiger partial charge >= 0.3 is 0 Å². The molecule has 6 heteroatoms. The minimum atomic E-state index is 0. The predicted molar refractivity (Wildman–Crippen MR) is 115 cm³/mol. The Balaban J connectivity index is 0.00000312. The standard InChI is InChI=1S/C19H29N5.HI/c1-15(2)13-24-11-10-21-18(24)12-22-19(20-4)23(5)14-17-9-7-6-8-16(17)3;/h6-11,15H,12-14H2,1-5H3,(H,20,22);1H. The van der Waals surface area contributed by atoms with Gasteiger partial charge < -0.3 is 14.8 Å². The molecule has 1 heterocycles. The van der Waals surface area contributed by atoms with E-state index in [2.05, 4.69) is 76.8 Å². The van der Waals surface area contributed by atoms with Gasteiger partial charge in [0.15, 0.2) is 5.96 Å². The molecule has 0 aliphatic rings. The molecule has 0 amide bonds. The summed E-state index contributed by atoms with van der Waals surface area (Å²) in [5.74, 6) is 2.51. The van der Waals surface area contributed by atoms with Gasteiger partial charge in [0.2, 0.25) is 0 Å². The summed E-state index contributed by atoms with van der Waals surface area (Å²) in [7, 11) is 3.87. The third-order valence-electron chi connectivity index (χ3n) is 4.01. The number of nitrogens with zero attached hydrogens (tertiary/aromatic N) is 4. The summed E-state index contributed by atoms with van der Waals surface area (Å²) in [6, 6.07) is 8.45. The third-order valence-corrected chi connectivity index (χ3v) is 4.01. The molecule has 138 valence electrons. The molecule has 2 aromatic rings. The smallest absolute Gasteiger partial charge is 0.194 e. The molecule has 0 aliphatic heterocycles. The molecule has 0 atom stereocenters. The molecule has 0 saturated heterocycles. The topological polar surface area (TPSA) is 45.5 Å². The van der Waals surface area contributed by atoms with Gasteiger partial charge in [-0.3, -0.25) is 4.99 Å². The molecule has 1 aromatic heterocycles. The van der Waals surface area contributed by atoms with Gasteiger partial charge in [0.05, 0.1) is 6.54 Å². The van der Waals surface area contributed by atoms with Gasteiger partial charge in [-0.15, -0.1) is 24.0 Å². The summed E-state index contributed by atoms with van der Waals surface area (Å²) < 4.78 is 2.20. The molecule has 0 bridgehead atoms. The Labute approximate surface area is 168 Å². The van der Waals surface area contributed by atoms with Crippen molar-refractivity contribution in [3.8, 4) is 0 Å². The summed E-state index contributed by atoms with van der Waals surface area (Å²) in [5, 5.41) is 3.42. The Morgan fingerprint density at radius 2 is 2.04 bits per heavy atom. The SMILES string of the molecule is CN=C(NCc1nccn1CC(C)C)N(C)Cc1ccccc1C.I. The van der Waals surface area contributed by atoms with Crippen molar-refractivity contribution in [2.24, 2.45) is 10.9 Å². The molecule has 5 nitrogen and oxygen atoms in total. The van der Waals surface area contributed by atoms with E-state index >= 15 is 0 Å². The molecule has 0 fully saturated rings. The molecule has 2 rings (SSSR count). The number of hydrogen-bond acceptors (Lipinski definition) is 2. The zero-order chi connectivity index (χ0) is 17.5. The van der Waals surface area contributed by atoms with Crippen LogP contribution in [-0.4, -0.2) is 34.5 Å². The second-order valence-electron chi connectivity index (χ2n) is 6.57. The number of hydrogen-bond donors (Lipinski definition) is 1. The highest BCUT2D eigenvalue weighted by molar-refractivity contribution is 14.0. The normalized spacial score (nSPS) is 11.4. The minimum Gasteiger partial charge on any atom is -0.349 e. The van der Waals surface area contributed by atoms with Gasteiger partial charge in [-0.2, -0.15) is 0 Å². The van der Waals surface area contributed by atoms with E-state index < -0.39 is 0 Å². The predicted octanol–water partition coefficient (Wildman–Crippen LogP) is 3.67. The second kappa shape index (κ2) is 10.4. The lowest BCUT2D eigenvalue weighted by Crippen LogP contribution is -2.38. The fourth-order valence-corrected chi connectivity index (χ4v) is 2.73. The van der Waals surface area contributed by atoms with Crippen LogP contribution in [0.15, 0.2) is 41.7 Å². The van der Waals surface area contributed by atoms with Gasteiger partial charge in [0.25, 0.3) is 0 Å². The Morgan fingerprint density at radius 1 is 1.32 bits per heavy atom. The van der Waals surface area contributed by atoms with Crippen LogP contribution in [0.25, 0.3) is 0 Å². The second-order valence-corrected chi connectivity index (χ2v) is 6.57. The average Bonchev–Trinajstić information content (AvgIpc) is 2.96. The molecular formula is C19H30IN5. The number of halogens is 1. The maximum atomic E-state index is 4.46. The summed E-state index contributed by atoms with van der Waals surface area (Å²) in [5.41, 5.74) is 2.61. The van der Waals surface area contributed by atoms with Gasteiger partial charge in [-0.1, -0.05) is 38.1 Å². The fraction of sp³-hybridized carbons (Fsp3) is 0.474. The first kappa shape index (κ1) is 21.5. The molecule has 0 aliphatic carbocycles. The molecular weight excluding hydrogens is 425 g/mol.